The highest BCUT2D eigenvalue weighted by atomic mass is 32.2. The lowest BCUT2D eigenvalue weighted by molar-refractivity contribution is -0.145. The summed E-state index contributed by atoms with van der Waals surface area (Å²) in [7, 11) is -3.07. The Morgan fingerprint density at radius 3 is 2.62 bits per heavy atom. The minimum absolute atomic E-state index is 0.0205. The summed E-state index contributed by atoms with van der Waals surface area (Å²) in [6, 6.07) is -0.381. The van der Waals surface area contributed by atoms with Crippen LogP contribution in [-0.4, -0.2) is 66.2 Å². The molecule has 2 unspecified atom stereocenters. The first kappa shape index (κ1) is 14.8. The molecule has 0 bridgehead atoms. The van der Waals surface area contributed by atoms with Crippen LogP contribution in [0.15, 0.2) is 0 Å². The molecule has 6 nitrogen and oxygen atoms in total. The highest BCUT2D eigenvalue weighted by Crippen LogP contribution is 2.33. The Morgan fingerprint density at radius 1 is 1.19 bits per heavy atom. The fourth-order valence-corrected chi connectivity index (χ4v) is 6.01. The molecule has 0 aromatic carbocycles. The smallest absolute Gasteiger partial charge is 0.245 e. The van der Waals surface area contributed by atoms with E-state index in [0.717, 1.165) is 12.8 Å². The third-order valence-corrected chi connectivity index (χ3v) is 6.95. The molecule has 2 amide bonds. The maximum Gasteiger partial charge on any atom is 0.245 e. The van der Waals surface area contributed by atoms with Gasteiger partial charge in [-0.05, 0) is 32.6 Å². The highest BCUT2D eigenvalue weighted by Gasteiger charge is 2.48. The van der Waals surface area contributed by atoms with Gasteiger partial charge in [0.15, 0.2) is 9.84 Å². The van der Waals surface area contributed by atoms with E-state index in [1.807, 2.05) is 6.92 Å². The zero-order valence-electron chi connectivity index (χ0n) is 12.4. The molecule has 2 atom stereocenters. The van der Waals surface area contributed by atoms with Crippen LogP contribution in [0.2, 0.25) is 0 Å². The molecule has 0 saturated carbocycles. The van der Waals surface area contributed by atoms with Crippen molar-refractivity contribution in [3.63, 3.8) is 0 Å². The van der Waals surface area contributed by atoms with Gasteiger partial charge in [0, 0.05) is 19.5 Å². The van der Waals surface area contributed by atoms with Crippen LogP contribution in [0, 0.1) is 0 Å². The van der Waals surface area contributed by atoms with Crippen molar-refractivity contribution >= 4 is 21.7 Å². The van der Waals surface area contributed by atoms with E-state index in [-0.39, 0.29) is 29.4 Å². The van der Waals surface area contributed by atoms with Crippen molar-refractivity contribution in [2.24, 2.45) is 0 Å². The lowest BCUT2D eigenvalue weighted by Gasteiger charge is -2.40. The van der Waals surface area contributed by atoms with Crippen LogP contribution < -0.4 is 0 Å². The summed E-state index contributed by atoms with van der Waals surface area (Å²) in [5, 5.41) is 0. The van der Waals surface area contributed by atoms with Gasteiger partial charge < -0.3 is 9.80 Å². The molecule has 3 saturated heterocycles. The predicted molar refractivity (Wildman–Crippen MR) is 77.4 cm³/mol. The Bertz CT molecular complexity index is 574. The van der Waals surface area contributed by atoms with E-state index in [1.54, 1.807) is 9.80 Å². The van der Waals surface area contributed by atoms with E-state index in [4.69, 9.17) is 0 Å². The van der Waals surface area contributed by atoms with Crippen LogP contribution in [-0.2, 0) is 19.4 Å². The predicted octanol–water partition coefficient (Wildman–Crippen LogP) is 0.177. The Kier molecular flexibility index (Phi) is 3.50. The van der Waals surface area contributed by atoms with E-state index < -0.39 is 15.4 Å². The number of rotatable bonds is 1. The standard InChI is InChI=1S/C14H22N2O4S/c1-14(6-9-21(19,20)10-14)16-8-5-12(17)15-7-3-2-4-11(15)13(16)18/h11H,2-10H2,1H3. The number of hydrogen-bond acceptors (Lipinski definition) is 4. The van der Waals surface area contributed by atoms with E-state index in [9.17, 15) is 18.0 Å². The molecule has 118 valence electrons. The summed E-state index contributed by atoms with van der Waals surface area (Å²) in [4.78, 5) is 28.5. The normalized spacial score (nSPS) is 36.5. The summed E-state index contributed by atoms with van der Waals surface area (Å²) < 4.78 is 23.6. The number of carbonyl (C=O) groups excluding carboxylic acids is 2. The quantitative estimate of drug-likeness (QED) is 0.692. The lowest BCUT2D eigenvalue weighted by atomic mass is 9.96. The number of nitrogens with zero attached hydrogens (tertiary/aromatic N) is 2. The Hall–Kier alpha value is -1.11. The van der Waals surface area contributed by atoms with Crippen molar-refractivity contribution in [1.29, 1.82) is 0 Å². The van der Waals surface area contributed by atoms with E-state index in [0.29, 0.717) is 32.4 Å². The summed E-state index contributed by atoms with van der Waals surface area (Å²) in [6.45, 7) is 2.84. The van der Waals surface area contributed by atoms with Gasteiger partial charge in [-0.25, -0.2) is 8.42 Å². The number of fused-ring (bicyclic) bond motifs is 1. The Labute approximate surface area is 125 Å². The van der Waals surface area contributed by atoms with Gasteiger partial charge in [-0.2, -0.15) is 0 Å². The molecule has 0 aromatic rings. The zero-order valence-corrected chi connectivity index (χ0v) is 13.2. The summed E-state index contributed by atoms with van der Waals surface area (Å²) in [6.07, 6.45) is 3.37. The first-order chi connectivity index (χ1) is 9.82. The van der Waals surface area contributed by atoms with Crippen molar-refractivity contribution in [1.82, 2.24) is 9.80 Å². The molecule has 3 aliphatic heterocycles. The van der Waals surface area contributed by atoms with Crippen LogP contribution in [0.3, 0.4) is 0 Å². The highest BCUT2D eigenvalue weighted by molar-refractivity contribution is 7.91. The number of hydrogen-bond donors (Lipinski definition) is 0. The molecule has 0 radical (unpaired) electrons. The minimum atomic E-state index is -3.07. The molecule has 0 N–H and O–H groups in total. The fraction of sp³-hybridized carbons (Fsp3) is 0.857. The van der Waals surface area contributed by atoms with Gasteiger partial charge >= 0.3 is 0 Å². The molecule has 3 rings (SSSR count). The maximum atomic E-state index is 12.9. The first-order valence-electron chi connectivity index (χ1n) is 7.64. The van der Waals surface area contributed by atoms with E-state index >= 15 is 0 Å². The number of piperidine rings is 1. The van der Waals surface area contributed by atoms with E-state index in [1.165, 1.54) is 0 Å². The summed E-state index contributed by atoms with van der Waals surface area (Å²) >= 11 is 0. The maximum absolute atomic E-state index is 12.9. The monoisotopic (exact) mass is 314 g/mol. The lowest BCUT2D eigenvalue weighted by Crippen LogP contribution is -2.56. The largest absolute Gasteiger partial charge is 0.334 e. The van der Waals surface area contributed by atoms with Crippen molar-refractivity contribution < 1.29 is 18.0 Å². The zero-order chi connectivity index (χ0) is 15.3. The molecular formula is C14H22N2O4S. The number of carbonyl (C=O) groups is 2. The van der Waals surface area contributed by atoms with Crippen LogP contribution in [0.5, 0.6) is 0 Å². The number of amides is 2. The molecule has 3 aliphatic rings. The molecule has 0 aliphatic carbocycles. The van der Waals surface area contributed by atoms with Gasteiger partial charge in [0.05, 0.1) is 17.0 Å². The van der Waals surface area contributed by atoms with Gasteiger partial charge in [-0.15, -0.1) is 0 Å². The van der Waals surface area contributed by atoms with Crippen LogP contribution in [0.1, 0.15) is 39.0 Å². The Balaban J connectivity index is 1.89. The number of sulfone groups is 1. The van der Waals surface area contributed by atoms with Gasteiger partial charge in [0.1, 0.15) is 6.04 Å². The average molecular weight is 314 g/mol. The Morgan fingerprint density at radius 2 is 1.95 bits per heavy atom. The van der Waals surface area contributed by atoms with Crippen LogP contribution >= 0.6 is 0 Å². The SMILES string of the molecule is CC1(N2CCC(=O)N3CCCCC3C2=O)CCS(=O)(=O)C1. The van der Waals surface area contributed by atoms with Crippen molar-refractivity contribution in [2.45, 2.75) is 50.6 Å². The summed E-state index contributed by atoms with van der Waals surface area (Å²) in [5.41, 5.74) is -0.649. The van der Waals surface area contributed by atoms with Crippen LogP contribution in [0.25, 0.3) is 0 Å². The molecule has 0 aromatic heterocycles. The fourth-order valence-electron chi connectivity index (χ4n) is 3.87. The van der Waals surface area contributed by atoms with Gasteiger partial charge in [-0.1, -0.05) is 0 Å². The van der Waals surface area contributed by atoms with Gasteiger partial charge in [0.25, 0.3) is 0 Å². The summed E-state index contributed by atoms with van der Waals surface area (Å²) in [5.74, 6) is 0.127. The molecule has 3 heterocycles. The second-order valence-electron chi connectivity index (χ2n) is 6.68. The molecule has 7 heteroatoms. The van der Waals surface area contributed by atoms with Crippen molar-refractivity contribution in [3.8, 4) is 0 Å². The third-order valence-electron chi connectivity index (χ3n) is 5.06. The molecule has 0 spiro atoms. The third kappa shape index (κ3) is 2.56. The van der Waals surface area contributed by atoms with Gasteiger partial charge in [0.2, 0.25) is 11.8 Å². The second kappa shape index (κ2) is 4.97. The minimum Gasteiger partial charge on any atom is -0.334 e. The van der Waals surface area contributed by atoms with Crippen molar-refractivity contribution in [2.75, 3.05) is 24.6 Å². The van der Waals surface area contributed by atoms with Gasteiger partial charge in [-0.3, -0.25) is 9.59 Å². The second-order valence-corrected chi connectivity index (χ2v) is 8.86. The molecule has 3 fully saturated rings. The van der Waals surface area contributed by atoms with Crippen molar-refractivity contribution in [3.05, 3.63) is 0 Å². The van der Waals surface area contributed by atoms with E-state index in [2.05, 4.69) is 0 Å². The molecule has 21 heavy (non-hydrogen) atoms. The average Bonchev–Trinajstić information content (AvgIpc) is 2.65. The topological polar surface area (TPSA) is 74.8 Å². The molecular weight excluding hydrogens is 292 g/mol. The van der Waals surface area contributed by atoms with Crippen LogP contribution in [0.4, 0.5) is 0 Å². The first-order valence-corrected chi connectivity index (χ1v) is 9.46.